The summed E-state index contributed by atoms with van der Waals surface area (Å²) in [6, 6.07) is 0. The molecule has 1 atom stereocenters. The van der Waals surface area contributed by atoms with Crippen LogP contribution in [0.2, 0.25) is 0 Å². The number of rotatable bonds is 5. The Morgan fingerprint density at radius 1 is 1.42 bits per heavy atom. The van der Waals surface area contributed by atoms with Gasteiger partial charge in [0.25, 0.3) is 0 Å². The minimum Gasteiger partial charge on any atom is -0.396 e. The van der Waals surface area contributed by atoms with Gasteiger partial charge in [0.1, 0.15) is 0 Å². The SMILES string of the molecule is CCCC([CH]CCO)C(F)(F)F. The van der Waals surface area contributed by atoms with Gasteiger partial charge in [0.15, 0.2) is 0 Å². The molecule has 1 unspecified atom stereocenters. The van der Waals surface area contributed by atoms with Crippen molar-refractivity contribution >= 4 is 0 Å². The van der Waals surface area contributed by atoms with Gasteiger partial charge in [0.05, 0.1) is 5.92 Å². The van der Waals surface area contributed by atoms with Crippen LogP contribution in [0.5, 0.6) is 0 Å². The second-order valence-corrected chi connectivity index (χ2v) is 2.68. The van der Waals surface area contributed by atoms with Gasteiger partial charge in [-0.1, -0.05) is 13.3 Å². The van der Waals surface area contributed by atoms with E-state index in [0.29, 0.717) is 6.42 Å². The van der Waals surface area contributed by atoms with E-state index in [2.05, 4.69) is 0 Å². The van der Waals surface area contributed by atoms with E-state index in [9.17, 15) is 13.2 Å². The van der Waals surface area contributed by atoms with E-state index in [1.807, 2.05) is 0 Å². The van der Waals surface area contributed by atoms with Crippen molar-refractivity contribution in [3.05, 3.63) is 6.42 Å². The van der Waals surface area contributed by atoms with E-state index < -0.39 is 12.1 Å². The lowest BCUT2D eigenvalue weighted by Gasteiger charge is -2.18. The lowest BCUT2D eigenvalue weighted by Crippen LogP contribution is -2.23. The van der Waals surface area contributed by atoms with E-state index >= 15 is 0 Å². The molecule has 0 heterocycles. The summed E-state index contributed by atoms with van der Waals surface area (Å²) in [6.07, 6.45) is -2.27. The molecular formula is C8H14F3O. The average molecular weight is 183 g/mol. The molecule has 0 aliphatic heterocycles. The van der Waals surface area contributed by atoms with Crippen LogP contribution in [0.15, 0.2) is 0 Å². The maximum atomic E-state index is 12.1. The third-order valence-electron chi connectivity index (χ3n) is 1.60. The van der Waals surface area contributed by atoms with Crippen molar-refractivity contribution in [1.82, 2.24) is 0 Å². The molecule has 12 heavy (non-hydrogen) atoms. The number of aliphatic hydroxyl groups is 1. The number of hydrogen-bond acceptors (Lipinski definition) is 1. The molecule has 1 N–H and O–H groups in total. The molecule has 0 aromatic rings. The minimum atomic E-state index is -4.15. The van der Waals surface area contributed by atoms with Crippen LogP contribution in [0.1, 0.15) is 26.2 Å². The molecule has 0 bridgehead atoms. The van der Waals surface area contributed by atoms with Crippen LogP contribution in [-0.4, -0.2) is 17.9 Å². The zero-order valence-corrected chi connectivity index (χ0v) is 7.06. The van der Waals surface area contributed by atoms with Crippen LogP contribution in [0.25, 0.3) is 0 Å². The highest BCUT2D eigenvalue weighted by atomic mass is 19.4. The highest BCUT2D eigenvalue weighted by Crippen LogP contribution is 2.32. The lowest BCUT2D eigenvalue weighted by molar-refractivity contribution is -0.167. The zero-order valence-electron chi connectivity index (χ0n) is 7.06. The Morgan fingerprint density at radius 2 is 2.00 bits per heavy atom. The van der Waals surface area contributed by atoms with Crippen molar-refractivity contribution in [3.8, 4) is 0 Å². The third-order valence-corrected chi connectivity index (χ3v) is 1.60. The molecule has 0 saturated carbocycles. The summed E-state index contributed by atoms with van der Waals surface area (Å²) in [4.78, 5) is 0. The van der Waals surface area contributed by atoms with Gasteiger partial charge in [0, 0.05) is 6.61 Å². The molecule has 0 fully saturated rings. The second kappa shape index (κ2) is 5.41. The summed E-state index contributed by atoms with van der Waals surface area (Å²) < 4.78 is 36.4. The largest absolute Gasteiger partial charge is 0.396 e. The van der Waals surface area contributed by atoms with Crippen molar-refractivity contribution in [2.24, 2.45) is 5.92 Å². The first-order valence-corrected chi connectivity index (χ1v) is 4.03. The Balaban J connectivity index is 3.86. The first-order chi connectivity index (χ1) is 5.52. The molecule has 0 rings (SSSR count). The Kier molecular flexibility index (Phi) is 5.29. The predicted molar refractivity (Wildman–Crippen MR) is 40.5 cm³/mol. The lowest BCUT2D eigenvalue weighted by atomic mass is 9.98. The van der Waals surface area contributed by atoms with Gasteiger partial charge < -0.3 is 5.11 Å². The van der Waals surface area contributed by atoms with E-state index in [1.165, 1.54) is 0 Å². The van der Waals surface area contributed by atoms with Crippen LogP contribution >= 0.6 is 0 Å². The first-order valence-electron chi connectivity index (χ1n) is 4.03. The van der Waals surface area contributed by atoms with Gasteiger partial charge in [-0.3, -0.25) is 0 Å². The molecule has 1 radical (unpaired) electrons. The molecule has 73 valence electrons. The third kappa shape index (κ3) is 4.59. The molecule has 1 nitrogen and oxygen atoms in total. The number of alkyl halides is 3. The number of hydrogen-bond donors (Lipinski definition) is 1. The van der Waals surface area contributed by atoms with Crippen molar-refractivity contribution in [3.63, 3.8) is 0 Å². The van der Waals surface area contributed by atoms with Crippen molar-refractivity contribution in [1.29, 1.82) is 0 Å². The summed E-state index contributed by atoms with van der Waals surface area (Å²) >= 11 is 0. The Bertz CT molecular complexity index is 111. The quantitative estimate of drug-likeness (QED) is 0.694. The van der Waals surface area contributed by atoms with Crippen molar-refractivity contribution in [2.45, 2.75) is 32.4 Å². The Labute approximate surface area is 70.6 Å². The van der Waals surface area contributed by atoms with E-state index in [1.54, 1.807) is 6.92 Å². The molecular weight excluding hydrogens is 169 g/mol. The van der Waals surface area contributed by atoms with Crippen LogP contribution < -0.4 is 0 Å². The van der Waals surface area contributed by atoms with E-state index in [0.717, 1.165) is 6.42 Å². The van der Waals surface area contributed by atoms with Gasteiger partial charge in [-0.05, 0) is 19.3 Å². The van der Waals surface area contributed by atoms with Gasteiger partial charge >= 0.3 is 6.18 Å². The summed E-state index contributed by atoms with van der Waals surface area (Å²) in [7, 11) is 0. The topological polar surface area (TPSA) is 20.2 Å². The van der Waals surface area contributed by atoms with Crippen molar-refractivity contribution < 1.29 is 18.3 Å². The molecule has 4 heteroatoms. The van der Waals surface area contributed by atoms with Gasteiger partial charge in [-0.2, -0.15) is 13.2 Å². The number of halogens is 3. The van der Waals surface area contributed by atoms with Crippen LogP contribution in [0, 0.1) is 12.3 Å². The fourth-order valence-electron chi connectivity index (χ4n) is 1.00. The standard InChI is InChI=1S/C8H14F3O/c1-2-4-7(5-3-6-12)8(9,10)11/h5,7,12H,2-4,6H2,1H3. The highest BCUT2D eigenvalue weighted by molar-refractivity contribution is 4.81. The predicted octanol–water partition coefficient (Wildman–Crippen LogP) is 2.55. The molecule has 0 aliphatic rings. The first kappa shape index (κ1) is 11.8. The zero-order chi connectivity index (χ0) is 9.61. The summed E-state index contributed by atoms with van der Waals surface area (Å²) in [5, 5.41) is 8.35. The van der Waals surface area contributed by atoms with Gasteiger partial charge in [-0.25, -0.2) is 0 Å². The molecule has 0 aliphatic carbocycles. The molecule has 0 spiro atoms. The number of aliphatic hydroxyl groups excluding tert-OH is 1. The molecule has 0 aromatic carbocycles. The highest BCUT2D eigenvalue weighted by Gasteiger charge is 2.37. The molecule has 0 amide bonds. The summed E-state index contributed by atoms with van der Waals surface area (Å²) in [5.41, 5.74) is 0. The summed E-state index contributed by atoms with van der Waals surface area (Å²) in [6.45, 7) is 1.50. The molecule has 0 aromatic heterocycles. The van der Waals surface area contributed by atoms with Crippen LogP contribution in [0.3, 0.4) is 0 Å². The van der Waals surface area contributed by atoms with Crippen molar-refractivity contribution in [2.75, 3.05) is 6.61 Å². The van der Waals surface area contributed by atoms with Crippen LogP contribution in [-0.2, 0) is 0 Å². The second-order valence-electron chi connectivity index (χ2n) is 2.68. The maximum Gasteiger partial charge on any atom is 0.392 e. The van der Waals surface area contributed by atoms with Crippen LogP contribution in [0.4, 0.5) is 13.2 Å². The summed E-state index contributed by atoms with van der Waals surface area (Å²) in [5.74, 6) is -1.35. The minimum absolute atomic E-state index is 0.115. The normalized spacial score (nSPS) is 14.8. The Morgan fingerprint density at radius 3 is 2.33 bits per heavy atom. The monoisotopic (exact) mass is 183 g/mol. The fourth-order valence-corrected chi connectivity index (χ4v) is 1.00. The fraction of sp³-hybridized carbons (Fsp3) is 0.875. The molecule has 0 saturated heterocycles. The van der Waals surface area contributed by atoms with Gasteiger partial charge in [-0.15, -0.1) is 0 Å². The smallest absolute Gasteiger partial charge is 0.392 e. The van der Waals surface area contributed by atoms with E-state index in [-0.39, 0.29) is 19.4 Å². The Hall–Kier alpha value is -0.250. The average Bonchev–Trinajstić information content (AvgIpc) is 1.95. The maximum absolute atomic E-state index is 12.1. The van der Waals surface area contributed by atoms with Gasteiger partial charge in [0.2, 0.25) is 0 Å². The van der Waals surface area contributed by atoms with E-state index in [4.69, 9.17) is 5.11 Å².